The summed E-state index contributed by atoms with van der Waals surface area (Å²) in [6, 6.07) is 12.9. The average Bonchev–Trinajstić information content (AvgIpc) is 2.52. The maximum absolute atomic E-state index is 8.00. The van der Waals surface area contributed by atoms with E-state index in [4.69, 9.17) is 9.59 Å². The van der Waals surface area contributed by atoms with Crippen LogP contribution in [0.15, 0.2) is 36.4 Å². The third-order valence-corrected chi connectivity index (χ3v) is 2.60. The number of hydrogen-bond acceptors (Lipinski definition) is 3. The van der Waals surface area contributed by atoms with Gasteiger partial charge in [-0.2, -0.15) is 0 Å². The molecule has 0 N–H and O–H groups in total. The van der Waals surface area contributed by atoms with Crippen LogP contribution in [-0.2, 0) is 9.59 Å². The van der Waals surface area contributed by atoms with Crippen molar-refractivity contribution < 1.29 is 9.59 Å². The van der Waals surface area contributed by atoms with E-state index >= 15 is 0 Å². The van der Waals surface area contributed by atoms with E-state index in [9.17, 15) is 0 Å². The van der Waals surface area contributed by atoms with Gasteiger partial charge in [0.25, 0.3) is 0 Å². The maximum atomic E-state index is 8.00. The van der Waals surface area contributed by atoms with E-state index in [1.54, 1.807) is 0 Å². The Balaban J connectivity index is 0. The summed E-state index contributed by atoms with van der Waals surface area (Å²) >= 11 is 0. The number of aryl methyl sites for hydroxylation is 1. The van der Waals surface area contributed by atoms with Crippen LogP contribution in [0, 0.1) is 6.92 Å². The zero-order chi connectivity index (χ0) is 16.8. The molecule has 0 saturated carbocycles. The van der Waals surface area contributed by atoms with Crippen molar-refractivity contribution >= 4 is 30.0 Å². The Labute approximate surface area is 128 Å². The lowest BCUT2D eigenvalue weighted by atomic mass is 10.0. The molecule has 0 bridgehead atoms. The maximum Gasteiger partial charge on any atom is 0.106 e. The van der Waals surface area contributed by atoms with Crippen LogP contribution in [0.2, 0.25) is 0 Å². The predicted octanol–water partition coefficient (Wildman–Crippen LogP) is 4.26. The fourth-order valence-corrected chi connectivity index (χ4v) is 1.84. The number of anilines is 1. The van der Waals surface area contributed by atoms with Crippen LogP contribution < -0.4 is 4.90 Å². The number of fused-ring (bicyclic) bond motifs is 1. The first kappa shape index (κ1) is 21.1. The van der Waals surface area contributed by atoms with Crippen molar-refractivity contribution in [3.05, 3.63) is 42.0 Å². The van der Waals surface area contributed by atoms with Crippen molar-refractivity contribution in [3.63, 3.8) is 0 Å². The first-order valence-corrected chi connectivity index (χ1v) is 6.85. The van der Waals surface area contributed by atoms with Gasteiger partial charge in [-0.1, -0.05) is 50.6 Å². The molecular formula is C18H27NO2. The van der Waals surface area contributed by atoms with Crippen molar-refractivity contribution in [2.24, 2.45) is 0 Å². The second-order valence-corrected chi connectivity index (χ2v) is 4.55. The van der Waals surface area contributed by atoms with E-state index in [0.29, 0.717) is 0 Å². The highest BCUT2D eigenvalue weighted by molar-refractivity contribution is 5.96. The predicted molar refractivity (Wildman–Crippen MR) is 93.2 cm³/mol. The van der Waals surface area contributed by atoms with E-state index in [1.165, 1.54) is 28.4 Å². The molecule has 3 nitrogen and oxygen atoms in total. The van der Waals surface area contributed by atoms with Gasteiger partial charge in [-0.05, 0) is 23.9 Å². The van der Waals surface area contributed by atoms with Crippen LogP contribution in [-0.4, -0.2) is 27.7 Å². The Hall–Kier alpha value is -2.16. The van der Waals surface area contributed by atoms with Crippen LogP contribution in [0.4, 0.5) is 5.69 Å². The molecule has 0 radical (unpaired) electrons. The minimum absolute atomic E-state index is 1.25. The molecule has 0 heterocycles. The van der Waals surface area contributed by atoms with Gasteiger partial charge in [0.15, 0.2) is 0 Å². The van der Waals surface area contributed by atoms with Crippen LogP contribution >= 0.6 is 0 Å². The summed E-state index contributed by atoms with van der Waals surface area (Å²) < 4.78 is 0. The molecule has 0 saturated heterocycles. The van der Waals surface area contributed by atoms with Crippen molar-refractivity contribution in [1.82, 2.24) is 0 Å². The Morgan fingerprint density at radius 2 is 1.29 bits per heavy atom. The van der Waals surface area contributed by atoms with Gasteiger partial charge in [0.05, 0.1) is 0 Å². The zero-order valence-corrected chi connectivity index (χ0v) is 13.8. The third-order valence-electron chi connectivity index (χ3n) is 2.60. The summed E-state index contributed by atoms with van der Waals surface area (Å²) in [6.45, 7) is 10.4. The van der Waals surface area contributed by atoms with Gasteiger partial charge in [-0.15, -0.1) is 0 Å². The molecular weight excluding hydrogens is 262 g/mol. The highest BCUT2D eigenvalue weighted by atomic mass is 16.1. The standard InChI is InChI=1S/C13H15N.C3H8.2CH2O/c1-10-6-4-8-12-11(10)7-5-9-13(12)14(2)3;1-3-2;2*1-2/h4-9H,1-3H3;3H2,1-2H3;2*1H2. The van der Waals surface area contributed by atoms with Crippen molar-refractivity contribution in [1.29, 1.82) is 0 Å². The molecule has 0 fully saturated rings. The molecule has 0 aliphatic heterocycles. The zero-order valence-electron chi connectivity index (χ0n) is 13.8. The van der Waals surface area contributed by atoms with Crippen molar-refractivity contribution in [3.8, 4) is 0 Å². The lowest BCUT2D eigenvalue weighted by Crippen LogP contribution is -2.08. The molecule has 2 aromatic rings. The van der Waals surface area contributed by atoms with Crippen LogP contribution in [0.1, 0.15) is 25.8 Å². The number of hydrogen-bond donors (Lipinski definition) is 0. The molecule has 0 unspecified atom stereocenters. The lowest BCUT2D eigenvalue weighted by Gasteiger charge is -2.15. The van der Waals surface area contributed by atoms with Gasteiger partial charge >= 0.3 is 0 Å². The summed E-state index contributed by atoms with van der Waals surface area (Å²) in [6.07, 6.45) is 1.25. The fourth-order valence-electron chi connectivity index (χ4n) is 1.84. The first-order valence-electron chi connectivity index (χ1n) is 6.85. The normalized spacial score (nSPS) is 8.24. The summed E-state index contributed by atoms with van der Waals surface area (Å²) in [5.41, 5.74) is 2.62. The fraction of sp³-hybridized carbons (Fsp3) is 0.333. The highest BCUT2D eigenvalue weighted by Crippen LogP contribution is 2.27. The van der Waals surface area contributed by atoms with E-state index in [0.717, 1.165) is 0 Å². The highest BCUT2D eigenvalue weighted by Gasteiger charge is 2.02. The molecule has 0 amide bonds. The molecule has 0 atom stereocenters. The van der Waals surface area contributed by atoms with Crippen LogP contribution in [0.25, 0.3) is 10.8 Å². The monoisotopic (exact) mass is 289 g/mol. The topological polar surface area (TPSA) is 37.4 Å². The minimum atomic E-state index is 1.25. The van der Waals surface area contributed by atoms with Crippen molar-refractivity contribution in [2.45, 2.75) is 27.2 Å². The minimum Gasteiger partial charge on any atom is -0.377 e. The summed E-state index contributed by atoms with van der Waals surface area (Å²) in [7, 11) is 4.16. The number of carbonyl (C=O) groups is 2. The van der Waals surface area contributed by atoms with Crippen LogP contribution in [0.5, 0.6) is 0 Å². The Bertz CT molecular complexity index is 508. The van der Waals surface area contributed by atoms with Gasteiger partial charge in [-0.3, -0.25) is 0 Å². The lowest BCUT2D eigenvalue weighted by molar-refractivity contribution is -0.0987. The number of carbonyl (C=O) groups excluding carboxylic acids is 2. The Morgan fingerprint density at radius 3 is 1.76 bits per heavy atom. The first-order chi connectivity index (χ1) is 10.1. The van der Waals surface area contributed by atoms with Crippen molar-refractivity contribution in [2.75, 3.05) is 19.0 Å². The second kappa shape index (κ2) is 12.9. The Kier molecular flexibility index (Phi) is 12.9. The molecule has 0 aliphatic rings. The molecule has 116 valence electrons. The average molecular weight is 289 g/mol. The molecule has 21 heavy (non-hydrogen) atoms. The number of rotatable bonds is 1. The van der Waals surface area contributed by atoms with Gasteiger partial charge in [0.2, 0.25) is 0 Å². The third kappa shape index (κ3) is 6.70. The van der Waals surface area contributed by atoms with Crippen LogP contribution in [0.3, 0.4) is 0 Å². The molecule has 0 aromatic heterocycles. The molecule has 2 rings (SSSR count). The van der Waals surface area contributed by atoms with E-state index in [-0.39, 0.29) is 0 Å². The van der Waals surface area contributed by atoms with E-state index in [1.807, 2.05) is 13.6 Å². The van der Waals surface area contributed by atoms with Gasteiger partial charge in [-0.25, -0.2) is 0 Å². The van der Waals surface area contributed by atoms with E-state index < -0.39 is 0 Å². The SMILES string of the molecule is C=O.C=O.CCC.Cc1cccc2c(N(C)C)cccc12. The summed E-state index contributed by atoms with van der Waals surface area (Å²) in [4.78, 5) is 18.2. The van der Waals surface area contributed by atoms with E-state index in [2.05, 4.69) is 76.2 Å². The molecule has 2 aromatic carbocycles. The summed E-state index contributed by atoms with van der Waals surface area (Å²) in [5, 5.41) is 2.68. The number of benzene rings is 2. The largest absolute Gasteiger partial charge is 0.377 e. The smallest absolute Gasteiger partial charge is 0.106 e. The quantitative estimate of drug-likeness (QED) is 0.787. The van der Waals surface area contributed by atoms with Gasteiger partial charge < -0.3 is 14.5 Å². The molecule has 0 aliphatic carbocycles. The van der Waals surface area contributed by atoms with Gasteiger partial charge in [0, 0.05) is 25.2 Å². The Morgan fingerprint density at radius 1 is 0.857 bits per heavy atom. The number of nitrogens with zero attached hydrogens (tertiary/aromatic N) is 1. The molecule has 0 spiro atoms. The van der Waals surface area contributed by atoms with Gasteiger partial charge in [0.1, 0.15) is 13.6 Å². The summed E-state index contributed by atoms with van der Waals surface area (Å²) in [5.74, 6) is 0. The molecule has 3 heteroatoms. The second-order valence-electron chi connectivity index (χ2n) is 4.55.